The van der Waals surface area contributed by atoms with Crippen molar-refractivity contribution in [2.24, 2.45) is 5.92 Å². The molecule has 10 heavy (non-hydrogen) atoms. The van der Waals surface area contributed by atoms with E-state index in [2.05, 4.69) is 0 Å². The van der Waals surface area contributed by atoms with Crippen molar-refractivity contribution in [3.63, 3.8) is 0 Å². The number of aldehydes is 1. The molecule has 1 heterocycles. The van der Waals surface area contributed by atoms with Gasteiger partial charge in [0.1, 0.15) is 6.29 Å². The van der Waals surface area contributed by atoms with E-state index in [-0.39, 0.29) is 12.2 Å². The van der Waals surface area contributed by atoms with Crippen molar-refractivity contribution in [3.05, 3.63) is 12.3 Å². The van der Waals surface area contributed by atoms with E-state index in [4.69, 9.17) is 9.47 Å². The number of methoxy groups -OCH3 is 1. The van der Waals surface area contributed by atoms with Crippen LogP contribution < -0.4 is 0 Å². The van der Waals surface area contributed by atoms with Gasteiger partial charge in [-0.3, -0.25) is 0 Å². The van der Waals surface area contributed by atoms with Crippen LogP contribution in [0.2, 0.25) is 0 Å². The van der Waals surface area contributed by atoms with Crippen molar-refractivity contribution >= 4 is 6.29 Å². The van der Waals surface area contributed by atoms with Crippen LogP contribution in [0, 0.1) is 5.92 Å². The maximum atomic E-state index is 10.1. The molecule has 0 aromatic heterocycles. The average molecular weight is 142 g/mol. The van der Waals surface area contributed by atoms with E-state index in [0.717, 1.165) is 6.29 Å². The van der Waals surface area contributed by atoms with Gasteiger partial charge in [0.25, 0.3) is 0 Å². The van der Waals surface area contributed by atoms with Gasteiger partial charge in [0.05, 0.1) is 6.26 Å². The summed E-state index contributed by atoms with van der Waals surface area (Å²) in [6.07, 6.45) is 4.49. The molecule has 3 heteroatoms. The minimum atomic E-state index is -0.259. The molecule has 0 fully saturated rings. The Morgan fingerprint density at radius 3 is 3.20 bits per heavy atom. The fraction of sp³-hybridized carbons (Fsp3) is 0.571. The van der Waals surface area contributed by atoms with Crippen LogP contribution in [0.4, 0.5) is 0 Å². The topological polar surface area (TPSA) is 35.5 Å². The molecule has 0 bridgehead atoms. The van der Waals surface area contributed by atoms with Crippen LogP contribution in [-0.2, 0) is 14.3 Å². The Labute approximate surface area is 59.6 Å². The smallest absolute Gasteiger partial charge is 0.205 e. The number of ether oxygens (including phenoxy) is 2. The van der Waals surface area contributed by atoms with E-state index in [9.17, 15) is 4.79 Å². The first kappa shape index (κ1) is 7.28. The lowest BCUT2D eigenvalue weighted by molar-refractivity contribution is -0.115. The SMILES string of the molecule is CO[C@H]1OC=C[C@@H]1CC=O. The van der Waals surface area contributed by atoms with Crippen LogP contribution >= 0.6 is 0 Å². The molecule has 0 saturated carbocycles. The Hall–Kier alpha value is -0.830. The maximum absolute atomic E-state index is 10.1. The highest BCUT2D eigenvalue weighted by atomic mass is 16.7. The van der Waals surface area contributed by atoms with E-state index in [1.807, 2.05) is 6.08 Å². The number of carbonyl (C=O) groups is 1. The molecule has 3 nitrogen and oxygen atoms in total. The van der Waals surface area contributed by atoms with Gasteiger partial charge < -0.3 is 14.3 Å². The fourth-order valence-corrected chi connectivity index (χ4v) is 0.946. The fourth-order valence-electron chi connectivity index (χ4n) is 0.946. The highest BCUT2D eigenvalue weighted by Crippen LogP contribution is 2.19. The minimum absolute atomic E-state index is 0.0995. The predicted octanol–water partition coefficient (Wildman–Crippen LogP) is 0.708. The van der Waals surface area contributed by atoms with E-state index in [1.54, 1.807) is 13.4 Å². The minimum Gasteiger partial charge on any atom is -0.472 e. The van der Waals surface area contributed by atoms with Crippen molar-refractivity contribution < 1.29 is 14.3 Å². The Bertz CT molecular complexity index is 142. The maximum Gasteiger partial charge on any atom is 0.205 e. The third-order valence-electron chi connectivity index (χ3n) is 1.49. The number of hydrogen-bond acceptors (Lipinski definition) is 3. The highest BCUT2D eigenvalue weighted by Gasteiger charge is 2.23. The summed E-state index contributed by atoms with van der Waals surface area (Å²) >= 11 is 0. The van der Waals surface area contributed by atoms with Gasteiger partial charge in [-0.05, 0) is 6.08 Å². The normalized spacial score (nSPS) is 30.1. The van der Waals surface area contributed by atoms with Crippen LogP contribution in [-0.4, -0.2) is 19.7 Å². The van der Waals surface area contributed by atoms with Gasteiger partial charge in [-0.15, -0.1) is 0 Å². The molecule has 0 spiro atoms. The molecule has 0 aromatic carbocycles. The largest absolute Gasteiger partial charge is 0.472 e. The summed E-state index contributed by atoms with van der Waals surface area (Å²) in [5, 5.41) is 0. The Balaban J connectivity index is 2.40. The van der Waals surface area contributed by atoms with Crippen molar-refractivity contribution in [2.75, 3.05) is 7.11 Å². The highest BCUT2D eigenvalue weighted by molar-refractivity contribution is 5.50. The lowest BCUT2D eigenvalue weighted by Gasteiger charge is -2.13. The second-order valence-electron chi connectivity index (χ2n) is 2.13. The third-order valence-corrected chi connectivity index (χ3v) is 1.49. The van der Waals surface area contributed by atoms with Crippen molar-refractivity contribution in [1.29, 1.82) is 0 Å². The molecule has 2 atom stereocenters. The molecular formula is C7H10O3. The number of rotatable bonds is 3. The molecule has 1 aliphatic rings. The van der Waals surface area contributed by atoms with Gasteiger partial charge in [0, 0.05) is 19.4 Å². The van der Waals surface area contributed by atoms with Crippen molar-refractivity contribution in [2.45, 2.75) is 12.7 Å². The van der Waals surface area contributed by atoms with E-state index < -0.39 is 0 Å². The Morgan fingerprint density at radius 2 is 2.60 bits per heavy atom. The molecule has 0 aromatic rings. The van der Waals surface area contributed by atoms with Crippen LogP contribution in [0.25, 0.3) is 0 Å². The molecule has 0 saturated heterocycles. The van der Waals surface area contributed by atoms with Crippen molar-refractivity contribution in [3.8, 4) is 0 Å². The van der Waals surface area contributed by atoms with Gasteiger partial charge >= 0.3 is 0 Å². The average Bonchev–Trinajstić information content (AvgIpc) is 2.36. The zero-order valence-electron chi connectivity index (χ0n) is 5.82. The number of hydrogen-bond donors (Lipinski definition) is 0. The van der Waals surface area contributed by atoms with Crippen LogP contribution in [0.5, 0.6) is 0 Å². The number of carbonyl (C=O) groups excluding carboxylic acids is 1. The molecule has 0 unspecified atom stereocenters. The van der Waals surface area contributed by atoms with E-state index >= 15 is 0 Å². The lowest BCUT2D eigenvalue weighted by Crippen LogP contribution is -2.18. The molecule has 1 rings (SSSR count). The predicted molar refractivity (Wildman–Crippen MR) is 35.2 cm³/mol. The monoisotopic (exact) mass is 142 g/mol. The van der Waals surface area contributed by atoms with Crippen molar-refractivity contribution in [1.82, 2.24) is 0 Å². The van der Waals surface area contributed by atoms with Gasteiger partial charge in [-0.1, -0.05) is 0 Å². The van der Waals surface area contributed by atoms with Gasteiger partial charge in [0.2, 0.25) is 6.29 Å². The summed E-state index contributed by atoms with van der Waals surface area (Å²) in [5.41, 5.74) is 0. The van der Waals surface area contributed by atoms with Gasteiger partial charge in [-0.2, -0.15) is 0 Å². The van der Waals surface area contributed by atoms with Crippen LogP contribution in [0.3, 0.4) is 0 Å². The summed E-state index contributed by atoms with van der Waals surface area (Å²) in [6.45, 7) is 0. The second kappa shape index (κ2) is 3.37. The van der Waals surface area contributed by atoms with Gasteiger partial charge in [-0.25, -0.2) is 0 Å². The molecular weight excluding hydrogens is 132 g/mol. The molecule has 0 amide bonds. The van der Waals surface area contributed by atoms with Crippen LogP contribution in [0.1, 0.15) is 6.42 Å². The standard InChI is InChI=1S/C7H10O3/c1-9-7-6(2-4-8)3-5-10-7/h3-7H,2H2,1H3/t6-,7-/m0/s1. The summed E-state index contributed by atoms with van der Waals surface area (Å²) in [6, 6.07) is 0. The second-order valence-corrected chi connectivity index (χ2v) is 2.13. The molecule has 1 aliphatic heterocycles. The summed E-state index contributed by atoms with van der Waals surface area (Å²) < 4.78 is 9.94. The van der Waals surface area contributed by atoms with Crippen LogP contribution in [0.15, 0.2) is 12.3 Å². The zero-order valence-corrected chi connectivity index (χ0v) is 5.82. The molecule has 0 radical (unpaired) electrons. The lowest BCUT2D eigenvalue weighted by atomic mass is 10.1. The Kier molecular flexibility index (Phi) is 2.45. The molecule has 0 aliphatic carbocycles. The quantitative estimate of drug-likeness (QED) is 0.544. The third kappa shape index (κ3) is 1.36. The van der Waals surface area contributed by atoms with E-state index in [1.165, 1.54) is 0 Å². The zero-order chi connectivity index (χ0) is 7.40. The molecule has 0 N–H and O–H groups in total. The first-order valence-electron chi connectivity index (χ1n) is 3.17. The summed E-state index contributed by atoms with van der Waals surface area (Å²) in [7, 11) is 1.56. The first-order chi connectivity index (χ1) is 4.88. The van der Waals surface area contributed by atoms with E-state index in [0.29, 0.717) is 6.42 Å². The van der Waals surface area contributed by atoms with Gasteiger partial charge in [0.15, 0.2) is 0 Å². The first-order valence-corrected chi connectivity index (χ1v) is 3.17. The Morgan fingerprint density at radius 1 is 1.80 bits per heavy atom. The summed E-state index contributed by atoms with van der Waals surface area (Å²) in [4.78, 5) is 10.1. The summed E-state index contributed by atoms with van der Waals surface area (Å²) in [5.74, 6) is 0.0995. The molecule has 56 valence electrons.